The van der Waals surface area contributed by atoms with Gasteiger partial charge in [0, 0.05) is 11.1 Å². The van der Waals surface area contributed by atoms with Gasteiger partial charge in [0.05, 0.1) is 6.54 Å². The zero-order valence-electron chi connectivity index (χ0n) is 14.1. The number of allylic oxidation sites excluding steroid dienone is 1. The van der Waals surface area contributed by atoms with Crippen LogP contribution in [-0.4, -0.2) is 11.7 Å². The smallest absolute Gasteiger partial charge is 0.251 e. The van der Waals surface area contributed by atoms with Crippen molar-refractivity contribution in [1.29, 1.82) is 0 Å². The van der Waals surface area contributed by atoms with Gasteiger partial charge in [0.15, 0.2) is 5.78 Å². The summed E-state index contributed by atoms with van der Waals surface area (Å²) in [6.45, 7) is 1.68. The van der Waals surface area contributed by atoms with Crippen LogP contribution in [0.25, 0.3) is 6.08 Å². The van der Waals surface area contributed by atoms with E-state index in [1.807, 2.05) is 60.7 Å². The number of amides is 1. The van der Waals surface area contributed by atoms with Crippen molar-refractivity contribution in [3.63, 3.8) is 0 Å². The number of rotatable bonds is 6. The largest absolute Gasteiger partial charge is 0.343 e. The molecule has 0 saturated carbocycles. The predicted octanol–water partition coefficient (Wildman–Crippen LogP) is 4.52. The molecule has 127 valence electrons. The molecule has 26 heavy (non-hydrogen) atoms. The van der Waals surface area contributed by atoms with Gasteiger partial charge < -0.3 is 5.32 Å². The van der Waals surface area contributed by atoms with Crippen LogP contribution >= 0.6 is 0 Å². The number of carbonyl (C=O) groups is 2. The molecule has 0 aliphatic carbocycles. The number of hydrogen-bond acceptors (Lipinski definition) is 2. The van der Waals surface area contributed by atoms with Crippen LogP contribution in [0, 0.1) is 6.54 Å². The van der Waals surface area contributed by atoms with Crippen LogP contribution < -0.4 is 5.32 Å². The Morgan fingerprint density at radius 3 is 1.92 bits per heavy atom. The van der Waals surface area contributed by atoms with Gasteiger partial charge in [-0.25, -0.2) is 0 Å². The topological polar surface area (TPSA) is 46.2 Å². The molecular weight excluding hydrogens is 322 g/mol. The first-order valence-corrected chi connectivity index (χ1v) is 8.29. The summed E-state index contributed by atoms with van der Waals surface area (Å²) >= 11 is 0. The lowest BCUT2D eigenvalue weighted by Crippen LogP contribution is -2.20. The van der Waals surface area contributed by atoms with E-state index in [1.54, 1.807) is 36.9 Å². The third-order valence-corrected chi connectivity index (χ3v) is 3.83. The first-order valence-electron chi connectivity index (χ1n) is 8.29. The molecule has 0 heterocycles. The summed E-state index contributed by atoms with van der Waals surface area (Å²) in [5.41, 5.74) is 3.00. The molecule has 0 fully saturated rings. The highest BCUT2D eigenvalue weighted by Gasteiger charge is 2.05. The Morgan fingerprint density at radius 2 is 1.27 bits per heavy atom. The SMILES string of the molecule is O=C(C=Cc1ccc(C(=O)N[CH]c2ccccc2)cc1)c1ccccc1. The monoisotopic (exact) mass is 340 g/mol. The van der Waals surface area contributed by atoms with E-state index in [4.69, 9.17) is 0 Å². The number of hydrogen-bond donors (Lipinski definition) is 1. The lowest BCUT2D eigenvalue weighted by molar-refractivity contribution is 0.0964. The molecule has 0 saturated heterocycles. The van der Waals surface area contributed by atoms with Crippen LogP contribution in [0.15, 0.2) is 91.0 Å². The van der Waals surface area contributed by atoms with Gasteiger partial charge in [0.1, 0.15) is 0 Å². The average Bonchev–Trinajstić information content (AvgIpc) is 2.72. The maximum absolute atomic E-state index is 12.2. The van der Waals surface area contributed by atoms with Crippen LogP contribution in [-0.2, 0) is 0 Å². The highest BCUT2D eigenvalue weighted by Crippen LogP contribution is 2.09. The van der Waals surface area contributed by atoms with Crippen LogP contribution in [0.4, 0.5) is 0 Å². The number of carbonyl (C=O) groups excluding carboxylic acids is 2. The number of benzene rings is 3. The fourth-order valence-electron chi connectivity index (χ4n) is 2.40. The summed E-state index contributed by atoms with van der Waals surface area (Å²) in [5, 5.41) is 2.77. The standard InChI is InChI=1S/C23H18NO2/c25-22(20-9-5-2-6-10-20)16-13-18-11-14-21(15-12-18)23(26)24-17-19-7-3-1-4-8-19/h1-17H,(H,24,26). The normalized spacial score (nSPS) is 10.6. The molecule has 3 rings (SSSR count). The van der Waals surface area contributed by atoms with Gasteiger partial charge >= 0.3 is 0 Å². The van der Waals surface area contributed by atoms with Crippen LogP contribution in [0.3, 0.4) is 0 Å². The third kappa shape index (κ3) is 4.77. The first kappa shape index (κ1) is 17.4. The zero-order valence-corrected chi connectivity index (χ0v) is 14.1. The summed E-state index contributed by atoms with van der Waals surface area (Å²) in [5.74, 6) is -0.227. The minimum Gasteiger partial charge on any atom is -0.343 e. The van der Waals surface area contributed by atoms with E-state index >= 15 is 0 Å². The second kappa shape index (κ2) is 8.58. The predicted molar refractivity (Wildman–Crippen MR) is 104 cm³/mol. The van der Waals surface area contributed by atoms with Crippen molar-refractivity contribution in [3.8, 4) is 0 Å². The highest BCUT2D eigenvalue weighted by molar-refractivity contribution is 6.06. The van der Waals surface area contributed by atoms with Gasteiger partial charge in [-0.3, -0.25) is 9.59 Å². The summed E-state index contributed by atoms with van der Waals surface area (Å²) in [6.07, 6.45) is 3.28. The van der Waals surface area contributed by atoms with Gasteiger partial charge in [-0.05, 0) is 29.3 Å². The Morgan fingerprint density at radius 1 is 0.654 bits per heavy atom. The summed E-state index contributed by atoms with van der Waals surface area (Å²) < 4.78 is 0. The quantitative estimate of drug-likeness (QED) is 0.529. The minimum absolute atomic E-state index is 0.0510. The maximum atomic E-state index is 12.2. The van der Waals surface area contributed by atoms with Crippen molar-refractivity contribution >= 4 is 17.8 Å². The maximum Gasteiger partial charge on any atom is 0.251 e. The molecular formula is C23H18NO2. The third-order valence-electron chi connectivity index (χ3n) is 3.83. The van der Waals surface area contributed by atoms with E-state index in [0.717, 1.165) is 11.1 Å². The minimum atomic E-state index is -0.176. The van der Waals surface area contributed by atoms with E-state index in [1.165, 1.54) is 6.08 Å². The molecule has 0 atom stereocenters. The Labute approximate surface area is 153 Å². The van der Waals surface area contributed by atoms with Crippen molar-refractivity contribution in [3.05, 3.63) is 120 Å². The van der Waals surface area contributed by atoms with Crippen LogP contribution in [0.2, 0.25) is 0 Å². The second-order valence-electron chi connectivity index (χ2n) is 5.71. The van der Waals surface area contributed by atoms with Crippen molar-refractivity contribution in [2.75, 3.05) is 0 Å². The van der Waals surface area contributed by atoms with E-state index < -0.39 is 0 Å². The highest BCUT2D eigenvalue weighted by atomic mass is 16.1. The van der Waals surface area contributed by atoms with E-state index in [2.05, 4.69) is 5.32 Å². The molecule has 3 heteroatoms. The summed E-state index contributed by atoms with van der Waals surface area (Å²) in [4.78, 5) is 24.2. The molecule has 0 bridgehead atoms. The Bertz CT molecular complexity index is 898. The van der Waals surface area contributed by atoms with Crippen molar-refractivity contribution in [2.24, 2.45) is 0 Å². The van der Waals surface area contributed by atoms with Gasteiger partial charge in [0.25, 0.3) is 5.91 Å². The van der Waals surface area contributed by atoms with E-state index in [-0.39, 0.29) is 11.7 Å². The molecule has 1 radical (unpaired) electrons. The first-order chi connectivity index (χ1) is 12.7. The van der Waals surface area contributed by atoms with Gasteiger partial charge in [-0.1, -0.05) is 78.9 Å². The summed E-state index contributed by atoms with van der Waals surface area (Å²) in [6, 6.07) is 25.8. The van der Waals surface area contributed by atoms with Crippen molar-refractivity contribution in [2.45, 2.75) is 0 Å². The summed E-state index contributed by atoms with van der Waals surface area (Å²) in [7, 11) is 0. The van der Waals surface area contributed by atoms with Crippen molar-refractivity contribution < 1.29 is 9.59 Å². The average molecular weight is 340 g/mol. The molecule has 0 aliphatic heterocycles. The molecule has 0 aromatic heterocycles. The fourth-order valence-corrected chi connectivity index (χ4v) is 2.40. The van der Waals surface area contributed by atoms with E-state index in [9.17, 15) is 9.59 Å². The Hall–Kier alpha value is -3.46. The molecule has 0 spiro atoms. The van der Waals surface area contributed by atoms with Gasteiger partial charge in [-0.15, -0.1) is 0 Å². The van der Waals surface area contributed by atoms with E-state index in [0.29, 0.717) is 11.1 Å². The lowest BCUT2D eigenvalue weighted by Gasteiger charge is -2.05. The number of nitrogens with one attached hydrogen (secondary N) is 1. The van der Waals surface area contributed by atoms with Crippen LogP contribution in [0.1, 0.15) is 31.8 Å². The molecule has 1 amide bonds. The molecule has 3 nitrogen and oxygen atoms in total. The molecule has 3 aromatic rings. The second-order valence-corrected chi connectivity index (χ2v) is 5.71. The molecule has 3 aromatic carbocycles. The Balaban J connectivity index is 1.58. The lowest BCUT2D eigenvalue weighted by atomic mass is 10.1. The molecule has 0 aliphatic rings. The van der Waals surface area contributed by atoms with Gasteiger partial charge in [-0.2, -0.15) is 0 Å². The van der Waals surface area contributed by atoms with Crippen molar-refractivity contribution in [1.82, 2.24) is 5.32 Å². The molecule has 1 N–H and O–H groups in total. The zero-order chi connectivity index (χ0) is 18.2. The Kier molecular flexibility index (Phi) is 5.73. The van der Waals surface area contributed by atoms with Gasteiger partial charge in [0.2, 0.25) is 0 Å². The molecule has 0 unspecified atom stereocenters. The fraction of sp³-hybridized carbons (Fsp3) is 0. The van der Waals surface area contributed by atoms with Crippen LogP contribution in [0.5, 0.6) is 0 Å². The number of ketones is 1.